The predicted molar refractivity (Wildman–Crippen MR) is 91.2 cm³/mol. The molecule has 1 aliphatic rings. The minimum Gasteiger partial charge on any atom is -0.356 e. The van der Waals surface area contributed by atoms with Crippen molar-refractivity contribution in [3.05, 3.63) is 52.9 Å². The highest BCUT2D eigenvalue weighted by molar-refractivity contribution is 6.30. The first-order chi connectivity index (χ1) is 12.3. The minimum atomic E-state index is -4.50. The lowest BCUT2D eigenvalue weighted by molar-refractivity contribution is -0.141. The van der Waals surface area contributed by atoms with Gasteiger partial charge < -0.3 is 10.2 Å². The number of carbonyl (C=O) groups is 1. The molecule has 0 atom stereocenters. The molecule has 0 saturated carbocycles. The molecule has 1 amide bonds. The largest absolute Gasteiger partial charge is 0.433 e. The van der Waals surface area contributed by atoms with Crippen LogP contribution in [0.4, 0.5) is 19.0 Å². The Morgan fingerprint density at radius 1 is 1.19 bits per heavy atom. The van der Waals surface area contributed by atoms with Gasteiger partial charge in [-0.25, -0.2) is 9.97 Å². The van der Waals surface area contributed by atoms with E-state index in [2.05, 4.69) is 15.3 Å². The maximum atomic E-state index is 12.8. The van der Waals surface area contributed by atoms with Crippen LogP contribution in [0.1, 0.15) is 28.9 Å². The van der Waals surface area contributed by atoms with Gasteiger partial charge in [-0.1, -0.05) is 17.7 Å². The van der Waals surface area contributed by atoms with Crippen LogP contribution in [-0.4, -0.2) is 35.0 Å². The predicted octanol–water partition coefficient (Wildman–Crippen LogP) is 3.55. The lowest BCUT2D eigenvalue weighted by atomic mass is 10.0. The maximum absolute atomic E-state index is 12.8. The van der Waals surface area contributed by atoms with E-state index in [0.29, 0.717) is 36.5 Å². The van der Waals surface area contributed by atoms with Gasteiger partial charge >= 0.3 is 6.18 Å². The Balaban J connectivity index is 1.58. The molecule has 0 bridgehead atoms. The molecule has 0 spiro atoms. The zero-order valence-corrected chi connectivity index (χ0v) is 14.4. The monoisotopic (exact) mass is 384 g/mol. The summed E-state index contributed by atoms with van der Waals surface area (Å²) in [5.41, 5.74) is -0.482. The second-order valence-corrected chi connectivity index (χ2v) is 6.44. The fraction of sp³-hybridized carbons (Fsp3) is 0.353. The Kier molecular flexibility index (Phi) is 5.31. The molecule has 0 aliphatic carbocycles. The Hall–Kier alpha value is -2.35. The van der Waals surface area contributed by atoms with Gasteiger partial charge in [0.15, 0.2) is 0 Å². The van der Waals surface area contributed by atoms with Gasteiger partial charge in [0, 0.05) is 35.8 Å². The number of halogens is 4. The number of alkyl halides is 3. The number of rotatable bonds is 3. The molecule has 1 fully saturated rings. The first kappa shape index (κ1) is 18.4. The normalized spacial score (nSPS) is 15.8. The second kappa shape index (κ2) is 7.49. The average Bonchev–Trinajstić information content (AvgIpc) is 2.62. The summed E-state index contributed by atoms with van der Waals surface area (Å²) >= 11 is 5.88. The van der Waals surface area contributed by atoms with Crippen molar-refractivity contribution in [2.24, 2.45) is 0 Å². The first-order valence-electron chi connectivity index (χ1n) is 8.03. The van der Waals surface area contributed by atoms with E-state index < -0.39 is 11.9 Å². The topological polar surface area (TPSA) is 58.1 Å². The smallest absolute Gasteiger partial charge is 0.356 e. The fourth-order valence-electron chi connectivity index (χ4n) is 2.83. The van der Waals surface area contributed by atoms with Crippen molar-refractivity contribution in [3.8, 4) is 0 Å². The van der Waals surface area contributed by atoms with Crippen molar-refractivity contribution >= 4 is 23.3 Å². The molecule has 0 unspecified atom stereocenters. The molecular weight excluding hydrogens is 369 g/mol. The van der Waals surface area contributed by atoms with Crippen molar-refractivity contribution in [1.82, 2.24) is 15.3 Å². The van der Waals surface area contributed by atoms with Crippen LogP contribution in [0.15, 0.2) is 36.7 Å². The second-order valence-electron chi connectivity index (χ2n) is 6.00. The third-order valence-corrected chi connectivity index (χ3v) is 4.42. The quantitative estimate of drug-likeness (QED) is 0.879. The summed E-state index contributed by atoms with van der Waals surface area (Å²) in [6.45, 7) is 0.990. The summed E-state index contributed by atoms with van der Waals surface area (Å²) < 4.78 is 38.3. The van der Waals surface area contributed by atoms with E-state index in [0.717, 1.165) is 12.4 Å². The van der Waals surface area contributed by atoms with Crippen LogP contribution >= 0.6 is 11.6 Å². The van der Waals surface area contributed by atoms with Crippen LogP contribution in [0.5, 0.6) is 0 Å². The molecule has 0 radical (unpaired) electrons. The van der Waals surface area contributed by atoms with Gasteiger partial charge in [0.25, 0.3) is 5.91 Å². The number of hydrogen-bond donors (Lipinski definition) is 1. The number of carbonyl (C=O) groups excluding carboxylic acids is 1. The van der Waals surface area contributed by atoms with Gasteiger partial charge in [0.05, 0.1) is 0 Å². The highest BCUT2D eigenvalue weighted by atomic mass is 35.5. The lowest BCUT2D eigenvalue weighted by Crippen LogP contribution is -2.45. The molecule has 1 saturated heterocycles. The number of hydrogen-bond acceptors (Lipinski definition) is 4. The highest BCUT2D eigenvalue weighted by Gasteiger charge is 2.33. The van der Waals surface area contributed by atoms with Gasteiger partial charge in [-0.2, -0.15) is 13.2 Å². The van der Waals surface area contributed by atoms with E-state index in [9.17, 15) is 18.0 Å². The molecule has 1 aliphatic heterocycles. The Labute approximate surface area is 153 Å². The molecule has 1 aromatic carbocycles. The van der Waals surface area contributed by atoms with Crippen LogP contribution in [0.2, 0.25) is 5.02 Å². The van der Waals surface area contributed by atoms with Crippen LogP contribution in [0.25, 0.3) is 0 Å². The Bertz CT molecular complexity index is 792. The molecule has 5 nitrogen and oxygen atoms in total. The number of amides is 1. The van der Waals surface area contributed by atoms with Crippen molar-refractivity contribution in [1.29, 1.82) is 0 Å². The molecular formula is C17H16ClF3N4O. The highest BCUT2D eigenvalue weighted by Crippen LogP contribution is 2.29. The van der Waals surface area contributed by atoms with E-state index in [-0.39, 0.29) is 17.8 Å². The number of nitrogens with zero attached hydrogens (tertiary/aromatic N) is 3. The first-order valence-corrected chi connectivity index (χ1v) is 8.41. The van der Waals surface area contributed by atoms with Crippen molar-refractivity contribution in [2.45, 2.75) is 25.1 Å². The summed E-state index contributed by atoms with van der Waals surface area (Å²) in [4.78, 5) is 21.2. The van der Waals surface area contributed by atoms with Crippen LogP contribution in [0, 0.1) is 0 Å². The molecule has 9 heteroatoms. The summed E-state index contributed by atoms with van der Waals surface area (Å²) in [6, 6.07) is 7.55. The molecule has 3 rings (SSSR count). The van der Waals surface area contributed by atoms with E-state index in [1.165, 1.54) is 0 Å². The molecule has 2 heterocycles. The number of aromatic nitrogens is 2. The van der Waals surface area contributed by atoms with Gasteiger partial charge in [-0.15, -0.1) is 0 Å². The molecule has 1 N–H and O–H groups in total. The van der Waals surface area contributed by atoms with Crippen molar-refractivity contribution < 1.29 is 18.0 Å². The van der Waals surface area contributed by atoms with E-state index in [4.69, 9.17) is 11.6 Å². The molecule has 1 aromatic heterocycles. The van der Waals surface area contributed by atoms with Gasteiger partial charge in [-0.3, -0.25) is 4.79 Å². The molecule has 26 heavy (non-hydrogen) atoms. The van der Waals surface area contributed by atoms with Gasteiger partial charge in [0.1, 0.15) is 17.8 Å². The van der Waals surface area contributed by atoms with Gasteiger partial charge in [0.2, 0.25) is 0 Å². The Morgan fingerprint density at radius 2 is 1.92 bits per heavy atom. The number of piperidine rings is 1. The minimum absolute atomic E-state index is 0.0540. The van der Waals surface area contributed by atoms with Crippen LogP contribution in [-0.2, 0) is 6.18 Å². The number of anilines is 1. The number of nitrogens with one attached hydrogen (secondary N) is 1. The fourth-order valence-corrected chi connectivity index (χ4v) is 3.02. The van der Waals surface area contributed by atoms with E-state index in [1.807, 2.05) is 0 Å². The summed E-state index contributed by atoms with van der Waals surface area (Å²) in [6.07, 6.45) is -2.36. The summed E-state index contributed by atoms with van der Waals surface area (Å²) in [5, 5.41) is 3.42. The molecule has 138 valence electrons. The average molecular weight is 385 g/mol. The third-order valence-electron chi connectivity index (χ3n) is 4.18. The SMILES string of the molecule is O=C(NC1CCN(c2cc(C(F)(F)F)ncn2)CC1)c1cccc(Cl)c1. The number of benzene rings is 1. The Morgan fingerprint density at radius 3 is 2.58 bits per heavy atom. The van der Waals surface area contributed by atoms with Crippen molar-refractivity contribution in [3.63, 3.8) is 0 Å². The van der Waals surface area contributed by atoms with Crippen LogP contribution < -0.4 is 10.2 Å². The van der Waals surface area contributed by atoms with Crippen molar-refractivity contribution in [2.75, 3.05) is 18.0 Å². The van der Waals surface area contributed by atoms with E-state index >= 15 is 0 Å². The maximum Gasteiger partial charge on any atom is 0.433 e. The zero-order chi connectivity index (χ0) is 18.7. The lowest BCUT2D eigenvalue weighted by Gasteiger charge is -2.33. The molecule has 2 aromatic rings. The van der Waals surface area contributed by atoms with Gasteiger partial charge in [-0.05, 0) is 31.0 Å². The van der Waals surface area contributed by atoms with E-state index in [1.54, 1.807) is 29.2 Å². The standard InChI is InChI=1S/C17H16ClF3N4O/c18-12-3-1-2-11(8-12)16(26)24-13-4-6-25(7-5-13)15-9-14(17(19,20)21)22-10-23-15/h1-3,8-10,13H,4-7H2,(H,24,26). The summed E-state index contributed by atoms with van der Waals surface area (Å²) in [5.74, 6) is 0.0271. The zero-order valence-electron chi connectivity index (χ0n) is 13.6. The summed E-state index contributed by atoms with van der Waals surface area (Å²) in [7, 11) is 0. The van der Waals surface area contributed by atoms with Crippen LogP contribution in [0.3, 0.4) is 0 Å². The third kappa shape index (κ3) is 4.43.